The Bertz CT molecular complexity index is 857. The lowest BCUT2D eigenvalue weighted by molar-refractivity contribution is -0.131. The number of fused-ring (bicyclic) bond motifs is 1. The molecular formula is C19H26N6O2. The van der Waals surface area contributed by atoms with Gasteiger partial charge in [-0.3, -0.25) is 18.9 Å². The van der Waals surface area contributed by atoms with Crippen LogP contribution < -0.4 is 5.32 Å². The standard InChI is InChI=1S/C19H26N6O2/c1-13(26)24-10-9-23(2)16(12-24)18-22-21-17-8-7-14(11-25(17)18)19(27)20-15-5-3-4-6-15/h7-8,11,15-16H,3-6,9-10,12H2,1-2H3,(H,20,27). The molecule has 144 valence electrons. The average Bonchev–Trinajstić information content (AvgIpc) is 3.31. The quantitative estimate of drug-likeness (QED) is 0.879. The van der Waals surface area contributed by atoms with Crippen LogP contribution in [0.3, 0.4) is 0 Å². The number of likely N-dealkylation sites (N-methyl/N-ethyl adjacent to an activating group) is 1. The van der Waals surface area contributed by atoms with E-state index >= 15 is 0 Å². The minimum atomic E-state index is -0.0502. The Morgan fingerprint density at radius 2 is 1.93 bits per heavy atom. The maximum absolute atomic E-state index is 12.6. The third-order valence-electron chi connectivity index (χ3n) is 5.77. The Morgan fingerprint density at radius 3 is 2.67 bits per heavy atom. The number of amides is 2. The molecule has 2 amide bonds. The monoisotopic (exact) mass is 370 g/mol. The van der Waals surface area contributed by atoms with Crippen LogP contribution in [-0.2, 0) is 4.79 Å². The van der Waals surface area contributed by atoms with Gasteiger partial charge in [0.25, 0.3) is 5.91 Å². The van der Waals surface area contributed by atoms with E-state index in [0.29, 0.717) is 24.3 Å². The molecule has 3 heterocycles. The zero-order chi connectivity index (χ0) is 19.0. The molecule has 0 spiro atoms. The van der Waals surface area contributed by atoms with Crippen molar-refractivity contribution in [3.63, 3.8) is 0 Å². The van der Waals surface area contributed by atoms with Gasteiger partial charge in [-0.15, -0.1) is 10.2 Å². The Hall–Kier alpha value is -2.48. The second-order valence-corrected chi connectivity index (χ2v) is 7.62. The van der Waals surface area contributed by atoms with Gasteiger partial charge in [0.2, 0.25) is 5.91 Å². The third kappa shape index (κ3) is 3.53. The maximum Gasteiger partial charge on any atom is 0.252 e. The van der Waals surface area contributed by atoms with Gasteiger partial charge in [-0.05, 0) is 32.0 Å². The topological polar surface area (TPSA) is 82.8 Å². The number of aromatic nitrogens is 3. The van der Waals surface area contributed by atoms with E-state index in [1.54, 1.807) is 13.0 Å². The van der Waals surface area contributed by atoms with Crippen molar-refractivity contribution in [1.82, 2.24) is 29.7 Å². The predicted molar refractivity (Wildman–Crippen MR) is 100 cm³/mol. The van der Waals surface area contributed by atoms with Crippen LogP contribution in [0.25, 0.3) is 5.65 Å². The molecule has 1 aliphatic heterocycles. The van der Waals surface area contributed by atoms with Gasteiger partial charge in [-0.2, -0.15) is 0 Å². The highest BCUT2D eigenvalue weighted by molar-refractivity contribution is 5.94. The van der Waals surface area contributed by atoms with Crippen LogP contribution in [-0.4, -0.2) is 68.9 Å². The molecule has 1 unspecified atom stereocenters. The summed E-state index contributed by atoms with van der Waals surface area (Å²) in [7, 11) is 2.03. The second-order valence-electron chi connectivity index (χ2n) is 7.62. The lowest BCUT2D eigenvalue weighted by Gasteiger charge is -2.38. The first-order valence-corrected chi connectivity index (χ1v) is 9.64. The van der Waals surface area contributed by atoms with Gasteiger partial charge in [-0.25, -0.2) is 0 Å². The van der Waals surface area contributed by atoms with E-state index in [4.69, 9.17) is 0 Å². The lowest BCUT2D eigenvalue weighted by Crippen LogP contribution is -2.48. The Kier molecular flexibility index (Phi) is 4.82. The van der Waals surface area contributed by atoms with E-state index in [-0.39, 0.29) is 23.9 Å². The van der Waals surface area contributed by atoms with Crippen molar-refractivity contribution in [2.75, 3.05) is 26.7 Å². The number of rotatable bonds is 3. The van der Waals surface area contributed by atoms with Crippen molar-refractivity contribution in [3.05, 3.63) is 29.7 Å². The van der Waals surface area contributed by atoms with Crippen LogP contribution in [0, 0.1) is 0 Å². The van der Waals surface area contributed by atoms with Crippen molar-refractivity contribution >= 4 is 17.5 Å². The first-order valence-electron chi connectivity index (χ1n) is 9.64. The summed E-state index contributed by atoms with van der Waals surface area (Å²) < 4.78 is 1.88. The summed E-state index contributed by atoms with van der Waals surface area (Å²) in [5.74, 6) is 0.776. The molecule has 2 fully saturated rings. The highest BCUT2D eigenvalue weighted by atomic mass is 16.2. The Labute approximate surface area is 158 Å². The SMILES string of the molecule is CC(=O)N1CCN(C)C(c2nnc3ccc(C(=O)NC4CCCC4)cn23)C1. The number of carbonyl (C=O) groups excluding carboxylic acids is 2. The molecule has 1 saturated carbocycles. The van der Waals surface area contributed by atoms with Crippen LogP contribution in [0.4, 0.5) is 0 Å². The zero-order valence-electron chi connectivity index (χ0n) is 15.9. The number of piperazine rings is 1. The van der Waals surface area contributed by atoms with Gasteiger partial charge in [0.05, 0.1) is 11.6 Å². The summed E-state index contributed by atoms with van der Waals surface area (Å²) in [6.45, 7) is 3.66. The average molecular weight is 370 g/mol. The van der Waals surface area contributed by atoms with Crippen LogP contribution in [0.1, 0.15) is 54.8 Å². The number of hydrogen-bond donors (Lipinski definition) is 1. The molecule has 1 aliphatic carbocycles. The van der Waals surface area contributed by atoms with Crippen LogP contribution in [0.5, 0.6) is 0 Å². The summed E-state index contributed by atoms with van der Waals surface area (Å²) in [5, 5.41) is 11.7. The highest BCUT2D eigenvalue weighted by Gasteiger charge is 2.30. The van der Waals surface area contributed by atoms with Gasteiger partial charge in [0.1, 0.15) is 0 Å². The number of pyridine rings is 1. The smallest absolute Gasteiger partial charge is 0.252 e. The normalized spacial score (nSPS) is 21.7. The minimum absolute atomic E-state index is 0.0502. The molecule has 8 nitrogen and oxygen atoms in total. The molecule has 0 aromatic carbocycles. The molecule has 4 rings (SSSR count). The number of hydrogen-bond acceptors (Lipinski definition) is 5. The molecule has 2 aliphatic rings. The fraction of sp³-hybridized carbons (Fsp3) is 0.579. The van der Waals surface area contributed by atoms with Crippen LogP contribution in [0.2, 0.25) is 0 Å². The largest absolute Gasteiger partial charge is 0.349 e. The summed E-state index contributed by atoms with van der Waals surface area (Å²) in [6.07, 6.45) is 6.29. The summed E-state index contributed by atoms with van der Waals surface area (Å²) in [5.41, 5.74) is 1.31. The first-order chi connectivity index (χ1) is 13.0. The minimum Gasteiger partial charge on any atom is -0.349 e. The lowest BCUT2D eigenvalue weighted by atomic mass is 10.1. The van der Waals surface area contributed by atoms with Crippen molar-refractivity contribution in [2.24, 2.45) is 0 Å². The van der Waals surface area contributed by atoms with Gasteiger partial charge >= 0.3 is 0 Å². The second kappa shape index (κ2) is 7.26. The van der Waals surface area contributed by atoms with Crippen molar-refractivity contribution in [3.8, 4) is 0 Å². The molecule has 1 saturated heterocycles. The molecule has 1 atom stereocenters. The van der Waals surface area contributed by atoms with Crippen molar-refractivity contribution in [1.29, 1.82) is 0 Å². The molecule has 2 aromatic rings. The van der Waals surface area contributed by atoms with E-state index in [0.717, 1.165) is 25.2 Å². The summed E-state index contributed by atoms with van der Waals surface area (Å²) >= 11 is 0. The Balaban J connectivity index is 1.61. The van der Waals surface area contributed by atoms with Gasteiger partial charge in [-0.1, -0.05) is 12.8 Å². The van der Waals surface area contributed by atoms with Gasteiger partial charge in [0.15, 0.2) is 11.5 Å². The summed E-state index contributed by atoms with van der Waals surface area (Å²) in [4.78, 5) is 28.5. The van der Waals surface area contributed by atoms with E-state index < -0.39 is 0 Å². The highest BCUT2D eigenvalue weighted by Crippen LogP contribution is 2.24. The maximum atomic E-state index is 12.6. The van der Waals surface area contributed by atoms with E-state index in [2.05, 4.69) is 20.4 Å². The number of nitrogens with one attached hydrogen (secondary N) is 1. The molecule has 2 aromatic heterocycles. The van der Waals surface area contributed by atoms with E-state index in [1.807, 2.05) is 28.6 Å². The Morgan fingerprint density at radius 1 is 1.15 bits per heavy atom. The van der Waals surface area contributed by atoms with Gasteiger partial charge in [0, 0.05) is 38.8 Å². The zero-order valence-corrected chi connectivity index (χ0v) is 15.9. The fourth-order valence-electron chi connectivity index (χ4n) is 4.05. The van der Waals surface area contributed by atoms with Crippen LogP contribution in [0.15, 0.2) is 18.3 Å². The number of nitrogens with zero attached hydrogens (tertiary/aromatic N) is 5. The fourth-order valence-corrected chi connectivity index (χ4v) is 4.05. The molecular weight excluding hydrogens is 344 g/mol. The molecule has 8 heteroatoms. The molecule has 1 N–H and O–H groups in total. The van der Waals surface area contributed by atoms with Crippen LogP contribution >= 0.6 is 0 Å². The molecule has 0 bridgehead atoms. The van der Waals surface area contributed by atoms with Crippen molar-refractivity contribution in [2.45, 2.75) is 44.7 Å². The molecule has 27 heavy (non-hydrogen) atoms. The van der Waals surface area contributed by atoms with Crippen molar-refractivity contribution < 1.29 is 9.59 Å². The predicted octanol–water partition coefficient (Wildman–Crippen LogP) is 1.24. The van der Waals surface area contributed by atoms with Gasteiger partial charge < -0.3 is 10.2 Å². The molecule has 0 radical (unpaired) electrons. The van der Waals surface area contributed by atoms with E-state index in [9.17, 15) is 9.59 Å². The third-order valence-corrected chi connectivity index (χ3v) is 5.77. The first kappa shape index (κ1) is 17.9. The summed E-state index contributed by atoms with van der Waals surface area (Å²) in [6, 6.07) is 3.85. The van der Waals surface area contributed by atoms with E-state index in [1.165, 1.54) is 12.8 Å². The number of carbonyl (C=O) groups is 2.